The zero-order valence-corrected chi connectivity index (χ0v) is 50.3. The summed E-state index contributed by atoms with van der Waals surface area (Å²) in [6.07, 6.45) is 16.8. The smallest absolute Gasteiger partial charge is 0.291 e. The maximum absolute atomic E-state index is 13.5. The molecule has 8 aromatic rings. The molecule has 6 amide bonds. The third kappa shape index (κ3) is 15.8. The lowest BCUT2D eigenvalue weighted by Gasteiger charge is -2.15. The number of aromatic nitrogens is 10. The largest absolute Gasteiger partial charge is 0.351 e. The molecular formula is C60H74N18O9. The number of rotatable bonds is 29. The molecule has 8 heterocycles. The number of ketones is 3. The van der Waals surface area contributed by atoms with Crippen molar-refractivity contribution in [3.63, 3.8) is 0 Å². The molecule has 0 aliphatic rings. The topological polar surface area (TPSA) is 320 Å². The predicted molar refractivity (Wildman–Crippen MR) is 325 cm³/mol. The number of nitrogens with two attached hydrogens (primary N) is 1. The van der Waals surface area contributed by atoms with E-state index in [1.54, 1.807) is 158 Å². The number of carbonyl (C=O) groups is 9. The van der Waals surface area contributed by atoms with E-state index in [4.69, 9.17) is 5.73 Å². The van der Waals surface area contributed by atoms with Gasteiger partial charge in [-0.3, -0.25) is 43.2 Å². The van der Waals surface area contributed by atoms with E-state index in [0.717, 1.165) is 25.9 Å². The Morgan fingerprint density at radius 2 is 0.874 bits per heavy atom. The van der Waals surface area contributed by atoms with Gasteiger partial charge in [0.25, 0.3) is 29.5 Å². The van der Waals surface area contributed by atoms with Crippen LogP contribution in [0.3, 0.4) is 0 Å². The van der Waals surface area contributed by atoms with E-state index in [-0.39, 0.29) is 84.9 Å². The summed E-state index contributed by atoms with van der Waals surface area (Å²) < 4.78 is 12.8. The number of hydrogen-bond acceptors (Lipinski definition) is 13. The van der Waals surface area contributed by atoms with Crippen molar-refractivity contribution in [1.29, 1.82) is 0 Å². The highest BCUT2D eigenvalue weighted by Gasteiger charge is 2.24. The summed E-state index contributed by atoms with van der Waals surface area (Å²) >= 11 is 0. The Morgan fingerprint density at radius 1 is 0.448 bits per heavy atom. The monoisotopic (exact) mass is 1190 g/mol. The maximum atomic E-state index is 13.5. The second kappa shape index (κ2) is 27.7. The normalized spacial score (nSPS) is 11.3. The minimum Gasteiger partial charge on any atom is -0.351 e. The summed E-state index contributed by atoms with van der Waals surface area (Å²) in [7, 11) is 15.5. The molecule has 0 aliphatic heterocycles. The van der Waals surface area contributed by atoms with E-state index in [1.165, 1.54) is 27.5 Å². The van der Waals surface area contributed by atoms with Crippen molar-refractivity contribution in [2.75, 3.05) is 61.0 Å². The Morgan fingerprint density at radius 3 is 1.37 bits per heavy atom. The Kier molecular flexibility index (Phi) is 20.0. The van der Waals surface area contributed by atoms with Crippen LogP contribution in [0.2, 0.25) is 0 Å². The van der Waals surface area contributed by atoms with Crippen LogP contribution in [0.25, 0.3) is 0 Å². The first-order chi connectivity index (χ1) is 41.4. The third-order valence-corrected chi connectivity index (χ3v) is 14.6. The Bertz CT molecular complexity index is 3910. The van der Waals surface area contributed by atoms with Crippen molar-refractivity contribution in [3.05, 3.63) is 155 Å². The van der Waals surface area contributed by atoms with Crippen LogP contribution in [-0.2, 0) is 80.4 Å². The first kappa shape index (κ1) is 62.9. The van der Waals surface area contributed by atoms with Crippen molar-refractivity contribution < 1.29 is 43.2 Å². The van der Waals surface area contributed by atoms with Crippen LogP contribution < -0.4 is 37.6 Å². The van der Waals surface area contributed by atoms with Crippen molar-refractivity contribution in [2.45, 2.75) is 44.9 Å². The molecule has 0 radical (unpaired) electrons. The molecule has 0 fully saturated rings. The van der Waals surface area contributed by atoms with Crippen LogP contribution in [0, 0.1) is 0 Å². The highest BCUT2D eigenvalue weighted by atomic mass is 16.2. The van der Waals surface area contributed by atoms with Gasteiger partial charge in [-0.1, -0.05) is 0 Å². The van der Waals surface area contributed by atoms with Crippen LogP contribution in [0.1, 0.15) is 127 Å². The minimum atomic E-state index is -0.611. The van der Waals surface area contributed by atoms with E-state index in [2.05, 4.69) is 46.8 Å². The van der Waals surface area contributed by atoms with E-state index < -0.39 is 29.5 Å². The predicted octanol–water partition coefficient (Wildman–Crippen LogP) is 3.77. The maximum Gasteiger partial charge on any atom is 0.291 e. The summed E-state index contributed by atoms with van der Waals surface area (Å²) in [4.78, 5) is 130. The second-order valence-corrected chi connectivity index (χ2v) is 21.8. The van der Waals surface area contributed by atoms with Gasteiger partial charge in [0.1, 0.15) is 22.8 Å². The Hall–Kier alpha value is -10.2. The molecule has 27 heteroatoms. The molecule has 0 aromatic carbocycles. The molecule has 8 N–H and O–H groups in total. The lowest BCUT2D eigenvalue weighted by molar-refractivity contribution is -0.116. The molecule has 0 spiro atoms. The van der Waals surface area contributed by atoms with Gasteiger partial charge in [-0.15, -0.1) is 0 Å². The molecule has 8 rings (SSSR count). The fourth-order valence-electron chi connectivity index (χ4n) is 10.2. The average Bonchev–Trinajstić information content (AvgIpc) is 3.35. The summed E-state index contributed by atoms with van der Waals surface area (Å²) in [5.41, 5.74) is 10.5. The van der Waals surface area contributed by atoms with Gasteiger partial charge < -0.3 is 79.1 Å². The van der Waals surface area contributed by atoms with Crippen molar-refractivity contribution in [3.8, 4) is 0 Å². The number of carbonyl (C=O) groups excluding carboxylic acids is 9. The number of aryl methyl sites for hydroxylation is 8. The van der Waals surface area contributed by atoms with Gasteiger partial charge in [0.15, 0.2) is 23.2 Å². The number of amides is 6. The quantitative estimate of drug-likeness (QED) is 0.0260. The van der Waals surface area contributed by atoms with Gasteiger partial charge >= 0.3 is 0 Å². The Labute approximate surface area is 501 Å². The van der Waals surface area contributed by atoms with Crippen LogP contribution >= 0.6 is 0 Å². The van der Waals surface area contributed by atoms with Crippen LogP contribution in [-0.4, -0.2) is 144 Å². The summed E-state index contributed by atoms with van der Waals surface area (Å²) in [5.74, 6) is -2.76. The van der Waals surface area contributed by atoms with Crippen LogP contribution in [0.5, 0.6) is 0 Å². The molecule has 0 unspecified atom stereocenters. The van der Waals surface area contributed by atoms with Crippen LogP contribution in [0.15, 0.2) is 92.2 Å². The summed E-state index contributed by atoms with van der Waals surface area (Å²) in [5, 5.41) is 16.8. The summed E-state index contributed by atoms with van der Waals surface area (Å²) in [6.45, 7) is 2.99. The highest BCUT2D eigenvalue weighted by Crippen LogP contribution is 2.22. The van der Waals surface area contributed by atoms with E-state index >= 15 is 0 Å². The van der Waals surface area contributed by atoms with Gasteiger partial charge in [0.2, 0.25) is 17.5 Å². The lowest BCUT2D eigenvalue weighted by atomic mass is 10.1. The van der Waals surface area contributed by atoms with E-state index in [0.29, 0.717) is 75.4 Å². The second-order valence-electron chi connectivity index (χ2n) is 21.8. The number of nitrogens with one attached hydrogen (secondary N) is 6. The third-order valence-electron chi connectivity index (χ3n) is 14.6. The fourth-order valence-corrected chi connectivity index (χ4v) is 10.2. The molecule has 458 valence electrons. The van der Waals surface area contributed by atoms with E-state index in [1.807, 2.05) is 7.05 Å². The van der Waals surface area contributed by atoms with Gasteiger partial charge in [0, 0.05) is 151 Å². The van der Waals surface area contributed by atoms with Gasteiger partial charge in [-0.05, 0) is 99.0 Å². The van der Waals surface area contributed by atoms with Crippen molar-refractivity contribution >= 4 is 75.7 Å². The van der Waals surface area contributed by atoms with Gasteiger partial charge in [-0.25, -0.2) is 9.97 Å². The Balaban J connectivity index is 0.752. The number of anilines is 4. The molecule has 0 saturated heterocycles. The number of Topliss-reactive ketones (excluding diaryl/α,β-unsaturated/α-hetero) is 3. The average molecular weight is 1190 g/mol. The molecule has 0 aliphatic carbocycles. The standard InChI is InChI=1S/C60H74N18O9/c1-70(18-11-14-61)19-12-16-64-57(84)46-27-40(33-75(46)6)65-58(85)47-28-41(34-76(47)7)66-59(86)48-29-42(35-77(48)8)67-60(87)55-69-52(36-78(55)9)68-53(82)13-10-15-63-56(83)45-23-39(32-74(45)5)25-50(80)43-21-37(30-72(43)3)24-49(79)44-22-38(31-73(44)4)26-51(81)54-62-17-20-71(54)2/h17,20-23,27-36H,10-16,18-19,24-26,61H2,1-9H3,(H,63,83)(H,64,84)(H,65,85)(H,66,86)(H,67,87)(H,68,82). The molecule has 0 saturated carbocycles. The van der Waals surface area contributed by atoms with Crippen LogP contribution in [0.4, 0.5) is 22.9 Å². The van der Waals surface area contributed by atoms with E-state index in [9.17, 15) is 43.2 Å². The first-order valence-electron chi connectivity index (χ1n) is 28.2. The molecule has 8 aromatic heterocycles. The molecular weight excluding hydrogens is 1120 g/mol. The SMILES string of the molecule is CN(CCCN)CCCNC(=O)c1cc(NC(=O)c2cc(NC(=O)c3cc(NC(=O)c4nc(NC(=O)CCCNC(=O)c5cc(CC(=O)c6cc(CC(=O)c7cc(CC(=O)c8nccn8C)cn7C)cn6C)cn5C)cn4C)cn3C)cn2C)cn1C. The number of imidazole rings is 2. The van der Waals surface area contributed by atoms with Gasteiger partial charge in [-0.2, -0.15) is 0 Å². The number of nitrogens with zero attached hydrogens (tertiary/aromatic N) is 11. The minimum absolute atomic E-state index is 0.00200. The molecule has 0 atom stereocenters. The van der Waals surface area contributed by atoms with Gasteiger partial charge in [0.05, 0.1) is 28.5 Å². The molecule has 0 bridgehead atoms. The highest BCUT2D eigenvalue weighted by molar-refractivity contribution is 6.09. The zero-order chi connectivity index (χ0) is 62.8. The van der Waals surface area contributed by atoms with Crippen molar-refractivity contribution in [1.82, 2.24) is 62.0 Å². The lowest BCUT2D eigenvalue weighted by Crippen LogP contribution is -2.30. The van der Waals surface area contributed by atoms with Crippen molar-refractivity contribution in [2.24, 2.45) is 62.1 Å². The zero-order valence-electron chi connectivity index (χ0n) is 50.3. The fraction of sp³-hybridized carbons (Fsp3) is 0.350. The molecule has 27 nitrogen and oxygen atoms in total. The number of hydrogen-bond donors (Lipinski definition) is 7. The molecule has 87 heavy (non-hydrogen) atoms. The summed E-state index contributed by atoms with van der Waals surface area (Å²) in [6, 6.07) is 9.61. The first-order valence-corrected chi connectivity index (χ1v) is 28.2.